The number of carbonyl (C=O) groups excluding carboxylic acids is 2. The molecule has 0 fully saturated rings. The number of hydrogen-bond donors (Lipinski definition) is 1. The first-order valence-corrected chi connectivity index (χ1v) is 9.30. The lowest BCUT2D eigenvalue weighted by molar-refractivity contribution is -0.145. The van der Waals surface area contributed by atoms with Crippen molar-refractivity contribution in [2.24, 2.45) is 0 Å². The summed E-state index contributed by atoms with van der Waals surface area (Å²) in [6.45, 7) is 2.22. The molecule has 0 heterocycles. The van der Waals surface area contributed by atoms with Crippen LogP contribution in [0.15, 0.2) is 53.4 Å². The first kappa shape index (κ1) is 19.8. The second-order valence-corrected chi connectivity index (χ2v) is 6.68. The molecule has 1 N–H and O–H groups in total. The first-order valence-electron chi connectivity index (χ1n) is 8.32. The van der Waals surface area contributed by atoms with Crippen molar-refractivity contribution in [3.63, 3.8) is 0 Å². The van der Waals surface area contributed by atoms with Crippen LogP contribution in [0.2, 0.25) is 0 Å². The van der Waals surface area contributed by atoms with Gasteiger partial charge in [0.05, 0.1) is 12.9 Å². The summed E-state index contributed by atoms with van der Waals surface area (Å²) in [5.41, 5.74) is 2.21. The topological polar surface area (TPSA) is 64.6 Å². The molecule has 2 aromatic rings. The fourth-order valence-corrected chi connectivity index (χ4v) is 3.06. The van der Waals surface area contributed by atoms with Crippen LogP contribution in [0.4, 0.5) is 0 Å². The summed E-state index contributed by atoms with van der Waals surface area (Å²) in [7, 11) is 1.62. The molecular weight excluding hydrogens is 350 g/mol. The zero-order chi connectivity index (χ0) is 18.8. The van der Waals surface area contributed by atoms with E-state index in [4.69, 9.17) is 9.47 Å². The molecule has 2 aromatic carbocycles. The van der Waals surface area contributed by atoms with Crippen LogP contribution in [0.25, 0.3) is 0 Å². The second-order valence-electron chi connectivity index (χ2n) is 5.66. The Balaban J connectivity index is 1.61. The molecule has 6 heteroatoms. The third-order valence-electron chi connectivity index (χ3n) is 3.70. The van der Waals surface area contributed by atoms with E-state index in [0.29, 0.717) is 13.0 Å². The van der Waals surface area contributed by atoms with Gasteiger partial charge in [-0.15, -0.1) is 11.8 Å². The number of carbonyl (C=O) groups is 2. The Hall–Kier alpha value is -2.47. The molecule has 5 nitrogen and oxygen atoms in total. The van der Waals surface area contributed by atoms with Crippen molar-refractivity contribution in [2.75, 3.05) is 26.0 Å². The van der Waals surface area contributed by atoms with E-state index in [0.717, 1.165) is 21.8 Å². The summed E-state index contributed by atoms with van der Waals surface area (Å²) < 4.78 is 10.1. The van der Waals surface area contributed by atoms with Crippen molar-refractivity contribution in [3.8, 4) is 5.75 Å². The Kier molecular flexibility index (Phi) is 8.02. The van der Waals surface area contributed by atoms with Crippen molar-refractivity contribution < 1.29 is 19.1 Å². The molecule has 0 saturated heterocycles. The number of benzene rings is 2. The average Bonchev–Trinajstić information content (AvgIpc) is 2.66. The minimum atomic E-state index is -0.399. The fraction of sp³-hybridized carbons (Fsp3) is 0.300. The number of ether oxygens (including phenoxy) is 2. The highest BCUT2D eigenvalue weighted by atomic mass is 32.2. The number of aryl methyl sites for hydroxylation is 1. The third kappa shape index (κ3) is 6.80. The predicted molar refractivity (Wildman–Crippen MR) is 103 cm³/mol. The highest BCUT2D eigenvalue weighted by Crippen LogP contribution is 2.21. The second kappa shape index (κ2) is 10.5. The normalized spacial score (nSPS) is 10.2. The van der Waals surface area contributed by atoms with E-state index >= 15 is 0 Å². The number of thioether (sulfide) groups is 1. The smallest absolute Gasteiger partial charge is 0.316 e. The Morgan fingerprint density at radius 1 is 1.08 bits per heavy atom. The molecule has 0 spiro atoms. The number of nitrogens with one attached hydrogen (secondary N) is 1. The third-order valence-corrected chi connectivity index (χ3v) is 4.85. The maximum absolute atomic E-state index is 11.8. The van der Waals surface area contributed by atoms with Gasteiger partial charge in [0.25, 0.3) is 5.91 Å². The molecule has 0 atom stereocenters. The monoisotopic (exact) mass is 373 g/mol. The maximum Gasteiger partial charge on any atom is 0.316 e. The quantitative estimate of drug-likeness (QED) is 0.541. The highest BCUT2D eigenvalue weighted by molar-refractivity contribution is 8.00. The van der Waals surface area contributed by atoms with Crippen LogP contribution in [-0.2, 0) is 20.7 Å². The SMILES string of the molecule is COc1ccc(CCNC(=O)COC(=O)CSc2ccccc2C)cc1. The molecule has 138 valence electrons. The lowest BCUT2D eigenvalue weighted by Gasteiger charge is -2.08. The van der Waals surface area contributed by atoms with Crippen LogP contribution >= 0.6 is 11.8 Å². The molecule has 0 unspecified atom stereocenters. The van der Waals surface area contributed by atoms with Gasteiger partial charge in [-0.2, -0.15) is 0 Å². The number of hydrogen-bond acceptors (Lipinski definition) is 5. The molecule has 0 saturated carbocycles. The van der Waals surface area contributed by atoms with Crippen LogP contribution in [0, 0.1) is 6.92 Å². The Bertz CT molecular complexity index is 731. The fourth-order valence-electron chi connectivity index (χ4n) is 2.23. The van der Waals surface area contributed by atoms with E-state index in [1.807, 2.05) is 55.5 Å². The minimum Gasteiger partial charge on any atom is -0.497 e. The molecule has 0 bridgehead atoms. The van der Waals surface area contributed by atoms with E-state index in [1.165, 1.54) is 11.8 Å². The van der Waals surface area contributed by atoms with Gasteiger partial charge in [0.2, 0.25) is 0 Å². The lowest BCUT2D eigenvalue weighted by atomic mass is 10.1. The van der Waals surface area contributed by atoms with Crippen molar-refractivity contribution in [1.82, 2.24) is 5.32 Å². The van der Waals surface area contributed by atoms with Gasteiger partial charge in [-0.05, 0) is 42.7 Å². The molecule has 26 heavy (non-hydrogen) atoms. The van der Waals surface area contributed by atoms with Gasteiger partial charge >= 0.3 is 5.97 Å². The minimum absolute atomic E-state index is 0.185. The number of esters is 1. The van der Waals surface area contributed by atoms with Gasteiger partial charge in [0.1, 0.15) is 5.75 Å². The molecule has 0 radical (unpaired) electrons. The van der Waals surface area contributed by atoms with Gasteiger partial charge in [-0.25, -0.2) is 0 Å². The first-order chi connectivity index (χ1) is 12.6. The highest BCUT2D eigenvalue weighted by Gasteiger charge is 2.09. The molecule has 1 amide bonds. The van der Waals surface area contributed by atoms with Gasteiger partial charge in [0, 0.05) is 11.4 Å². The van der Waals surface area contributed by atoms with E-state index in [2.05, 4.69) is 5.32 Å². The molecule has 2 rings (SSSR count). The zero-order valence-electron chi connectivity index (χ0n) is 15.0. The van der Waals surface area contributed by atoms with E-state index in [9.17, 15) is 9.59 Å². The lowest BCUT2D eigenvalue weighted by Crippen LogP contribution is -2.30. The van der Waals surface area contributed by atoms with E-state index in [1.54, 1.807) is 7.11 Å². The largest absolute Gasteiger partial charge is 0.497 e. The van der Waals surface area contributed by atoms with Gasteiger partial charge in [-0.1, -0.05) is 30.3 Å². The summed E-state index contributed by atoms with van der Waals surface area (Å²) in [6, 6.07) is 15.5. The summed E-state index contributed by atoms with van der Waals surface area (Å²) in [5, 5.41) is 2.74. The molecule has 0 aliphatic carbocycles. The number of rotatable bonds is 9. The predicted octanol–water partition coefficient (Wildman–Crippen LogP) is 3.00. The summed E-state index contributed by atoms with van der Waals surface area (Å²) in [4.78, 5) is 24.5. The molecule has 0 aliphatic rings. The van der Waals surface area contributed by atoms with Gasteiger partial charge in [-0.3, -0.25) is 9.59 Å². The van der Waals surface area contributed by atoms with Crippen molar-refractivity contribution in [2.45, 2.75) is 18.2 Å². The van der Waals surface area contributed by atoms with E-state index in [-0.39, 0.29) is 18.3 Å². The standard InChI is InChI=1S/C20H23NO4S/c1-15-5-3-4-6-18(15)26-14-20(23)25-13-19(22)21-12-11-16-7-9-17(24-2)10-8-16/h3-10H,11-14H2,1-2H3,(H,21,22). The van der Waals surface area contributed by atoms with Crippen molar-refractivity contribution in [3.05, 3.63) is 59.7 Å². The van der Waals surface area contributed by atoms with Crippen LogP contribution in [-0.4, -0.2) is 37.9 Å². The Morgan fingerprint density at radius 2 is 1.81 bits per heavy atom. The Labute approximate surface area is 158 Å². The summed E-state index contributed by atoms with van der Waals surface area (Å²) in [6.07, 6.45) is 0.701. The number of methoxy groups -OCH3 is 1. The van der Waals surface area contributed by atoms with Crippen LogP contribution < -0.4 is 10.1 Å². The van der Waals surface area contributed by atoms with Crippen LogP contribution in [0.5, 0.6) is 5.75 Å². The van der Waals surface area contributed by atoms with Gasteiger partial charge in [0.15, 0.2) is 6.61 Å². The maximum atomic E-state index is 11.8. The van der Waals surface area contributed by atoms with Crippen molar-refractivity contribution in [1.29, 1.82) is 0 Å². The number of amides is 1. The molecular formula is C20H23NO4S. The summed E-state index contributed by atoms with van der Waals surface area (Å²) >= 11 is 1.41. The van der Waals surface area contributed by atoms with Crippen LogP contribution in [0.3, 0.4) is 0 Å². The zero-order valence-corrected chi connectivity index (χ0v) is 15.8. The van der Waals surface area contributed by atoms with Gasteiger partial charge < -0.3 is 14.8 Å². The van der Waals surface area contributed by atoms with E-state index < -0.39 is 5.97 Å². The van der Waals surface area contributed by atoms with Crippen molar-refractivity contribution >= 4 is 23.6 Å². The average molecular weight is 373 g/mol. The molecule has 0 aliphatic heterocycles. The van der Waals surface area contributed by atoms with Crippen LogP contribution in [0.1, 0.15) is 11.1 Å². The summed E-state index contributed by atoms with van der Waals surface area (Å²) in [5.74, 6) is 0.286. The Morgan fingerprint density at radius 3 is 2.50 bits per heavy atom. The molecule has 0 aromatic heterocycles.